The number of anilines is 1. The van der Waals surface area contributed by atoms with Crippen molar-refractivity contribution >= 4 is 16.7 Å². The van der Waals surface area contributed by atoms with Crippen molar-refractivity contribution in [3.8, 4) is 0 Å². The number of hydrogen-bond acceptors (Lipinski definition) is 7. The molecule has 6 rings (SSSR count). The summed E-state index contributed by atoms with van der Waals surface area (Å²) in [6.45, 7) is 2.25. The molecule has 4 heterocycles. The van der Waals surface area contributed by atoms with Gasteiger partial charge in [-0.2, -0.15) is 4.98 Å². The normalized spacial score (nSPS) is 22.8. The summed E-state index contributed by atoms with van der Waals surface area (Å²) < 4.78 is 6.91. The predicted molar refractivity (Wildman–Crippen MR) is 106 cm³/mol. The highest BCUT2D eigenvalue weighted by Crippen LogP contribution is 2.57. The van der Waals surface area contributed by atoms with Crippen LogP contribution >= 0.6 is 0 Å². The Morgan fingerprint density at radius 2 is 1.86 bits per heavy atom. The van der Waals surface area contributed by atoms with Crippen LogP contribution in [0.15, 0.2) is 64.3 Å². The number of hydrogen-bond donors (Lipinski definition) is 0. The third kappa shape index (κ3) is 2.71. The summed E-state index contributed by atoms with van der Waals surface area (Å²) in [4.78, 5) is 27.9. The lowest BCUT2D eigenvalue weighted by molar-refractivity contribution is 0.363. The lowest BCUT2D eigenvalue weighted by atomic mass is 10.2. The van der Waals surface area contributed by atoms with E-state index in [4.69, 9.17) is 4.52 Å². The van der Waals surface area contributed by atoms with Crippen LogP contribution in [-0.2, 0) is 6.54 Å². The zero-order valence-electron chi connectivity index (χ0n) is 15.5. The van der Waals surface area contributed by atoms with Crippen LogP contribution in [0.5, 0.6) is 0 Å². The summed E-state index contributed by atoms with van der Waals surface area (Å²) in [5, 5.41) is 4.67. The molecule has 2 aliphatic rings. The van der Waals surface area contributed by atoms with Crippen LogP contribution in [0.4, 0.5) is 5.69 Å². The molecule has 8 nitrogen and oxygen atoms in total. The first-order valence-electron chi connectivity index (χ1n) is 9.70. The number of aromatic nitrogens is 5. The van der Waals surface area contributed by atoms with E-state index in [0.717, 1.165) is 18.9 Å². The molecule has 3 aromatic heterocycles. The lowest BCUT2D eigenvalue weighted by Crippen LogP contribution is -2.23. The van der Waals surface area contributed by atoms with Gasteiger partial charge in [0, 0.05) is 30.9 Å². The Balaban J connectivity index is 1.17. The predicted octanol–water partition coefficient (Wildman–Crippen LogP) is 2.07. The molecule has 144 valence electrons. The first-order chi connectivity index (χ1) is 14.3. The number of benzene rings is 1. The standard InChI is InChI=1S/C21H18N6O2/c28-21-14-7-4-8-22-19(14)23-12-27(21)11-17-24-20(25-29-17)18-15-9-26(10-16(15)18)13-5-2-1-3-6-13/h1-8,12,15-16,18H,9-11H2/t15-,16+,18?. The summed E-state index contributed by atoms with van der Waals surface area (Å²) in [6, 6.07) is 13.9. The zero-order chi connectivity index (χ0) is 19.4. The van der Waals surface area contributed by atoms with Gasteiger partial charge in [-0.1, -0.05) is 23.4 Å². The topological polar surface area (TPSA) is 89.9 Å². The Labute approximate surface area is 165 Å². The van der Waals surface area contributed by atoms with Crippen LogP contribution in [0, 0.1) is 11.8 Å². The fourth-order valence-corrected chi connectivity index (χ4v) is 4.48. The van der Waals surface area contributed by atoms with Crippen molar-refractivity contribution in [1.29, 1.82) is 0 Å². The largest absolute Gasteiger partial charge is 0.371 e. The second-order valence-corrected chi connectivity index (χ2v) is 7.69. The van der Waals surface area contributed by atoms with Crippen molar-refractivity contribution in [3.63, 3.8) is 0 Å². The third-order valence-electron chi connectivity index (χ3n) is 6.00. The molecule has 0 bridgehead atoms. The van der Waals surface area contributed by atoms with E-state index in [1.54, 1.807) is 18.3 Å². The van der Waals surface area contributed by atoms with Crippen molar-refractivity contribution in [2.75, 3.05) is 18.0 Å². The number of pyridine rings is 1. The quantitative estimate of drug-likeness (QED) is 0.530. The van der Waals surface area contributed by atoms with Crippen molar-refractivity contribution in [3.05, 3.63) is 77.1 Å². The average Bonchev–Trinajstić information content (AvgIpc) is 3.11. The van der Waals surface area contributed by atoms with Gasteiger partial charge in [0.15, 0.2) is 11.5 Å². The maximum atomic E-state index is 12.6. The molecule has 1 unspecified atom stereocenters. The van der Waals surface area contributed by atoms with Crippen LogP contribution < -0.4 is 10.5 Å². The highest BCUT2D eigenvalue weighted by Gasteiger charge is 2.58. The molecule has 1 aliphatic heterocycles. The van der Waals surface area contributed by atoms with E-state index in [2.05, 4.69) is 49.3 Å². The lowest BCUT2D eigenvalue weighted by Gasteiger charge is -2.21. The van der Waals surface area contributed by atoms with E-state index in [9.17, 15) is 4.79 Å². The molecule has 8 heteroatoms. The minimum atomic E-state index is -0.162. The minimum absolute atomic E-state index is 0.162. The molecule has 4 aromatic rings. The van der Waals surface area contributed by atoms with Gasteiger partial charge in [-0.15, -0.1) is 0 Å². The monoisotopic (exact) mass is 386 g/mol. The van der Waals surface area contributed by atoms with Crippen LogP contribution in [0.3, 0.4) is 0 Å². The molecule has 0 spiro atoms. The van der Waals surface area contributed by atoms with Gasteiger partial charge in [0.25, 0.3) is 5.56 Å². The fraction of sp³-hybridized carbons (Fsp3) is 0.286. The number of nitrogens with zero attached hydrogens (tertiary/aromatic N) is 6. The highest BCUT2D eigenvalue weighted by atomic mass is 16.5. The summed E-state index contributed by atoms with van der Waals surface area (Å²) in [5.74, 6) is 2.67. The molecule has 0 N–H and O–H groups in total. The summed E-state index contributed by atoms with van der Waals surface area (Å²) in [7, 11) is 0. The molecule has 1 aliphatic carbocycles. The Bertz CT molecular complexity index is 1240. The highest BCUT2D eigenvalue weighted by molar-refractivity contribution is 5.72. The minimum Gasteiger partial charge on any atom is -0.371 e. The molecule has 1 saturated carbocycles. The first-order valence-corrected chi connectivity index (χ1v) is 9.70. The number of piperidine rings is 1. The molecule has 2 fully saturated rings. The Hall–Kier alpha value is -3.55. The van der Waals surface area contributed by atoms with Crippen molar-refractivity contribution in [2.24, 2.45) is 11.8 Å². The van der Waals surface area contributed by atoms with Gasteiger partial charge in [-0.05, 0) is 36.1 Å². The molecule has 0 radical (unpaired) electrons. The fourth-order valence-electron chi connectivity index (χ4n) is 4.48. The first kappa shape index (κ1) is 16.4. The number of rotatable bonds is 4. The third-order valence-corrected chi connectivity index (χ3v) is 6.00. The summed E-state index contributed by atoms with van der Waals surface area (Å²) in [5.41, 5.74) is 1.54. The Kier molecular flexibility index (Phi) is 3.53. The maximum Gasteiger partial charge on any atom is 0.263 e. The van der Waals surface area contributed by atoms with Crippen molar-refractivity contribution in [2.45, 2.75) is 12.5 Å². The van der Waals surface area contributed by atoms with Gasteiger partial charge >= 0.3 is 0 Å². The van der Waals surface area contributed by atoms with E-state index >= 15 is 0 Å². The van der Waals surface area contributed by atoms with Gasteiger partial charge in [0.05, 0.1) is 5.39 Å². The van der Waals surface area contributed by atoms with Crippen LogP contribution in [0.25, 0.3) is 11.0 Å². The van der Waals surface area contributed by atoms with Crippen LogP contribution in [0.1, 0.15) is 17.6 Å². The molecule has 29 heavy (non-hydrogen) atoms. The second-order valence-electron chi connectivity index (χ2n) is 7.69. The molecular weight excluding hydrogens is 368 g/mol. The maximum absolute atomic E-state index is 12.6. The van der Waals surface area contributed by atoms with Crippen molar-refractivity contribution in [1.82, 2.24) is 24.7 Å². The zero-order valence-corrected chi connectivity index (χ0v) is 15.5. The smallest absolute Gasteiger partial charge is 0.263 e. The molecule has 1 aromatic carbocycles. The van der Waals surface area contributed by atoms with Gasteiger partial charge in [0.2, 0.25) is 5.89 Å². The van der Waals surface area contributed by atoms with E-state index in [1.165, 1.54) is 16.6 Å². The SMILES string of the molecule is O=c1c2cccnc2ncn1Cc1nc(C2[C@H]3CN(c4ccccc4)C[C@@H]23)no1. The molecule has 0 amide bonds. The van der Waals surface area contributed by atoms with Crippen LogP contribution in [-0.4, -0.2) is 37.8 Å². The second kappa shape index (κ2) is 6.23. The average molecular weight is 386 g/mol. The summed E-state index contributed by atoms with van der Waals surface area (Å²) >= 11 is 0. The van der Waals surface area contributed by atoms with E-state index < -0.39 is 0 Å². The Morgan fingerprint density at radius 1 is 1.03 bits per heavy atom. The van der Waals surface area contributed by atoms with Gasteiger partial charge in [0.1, 0.15) is 12.9 Å². The molecular formula is C21H18N6O2. The summed E-state index contributed by atoms with van der Waals surface area (Å²) in [6.07, 6.45) is 3.10. The number of para-hydroxylation sites is 1. The Morgan fingerprint density at radius 3 is 2.69 bits per heavy atom. The van der Waals surface area contributed by atoms with Crippen molar-refractivity contribution < 1.29 is 4.52 Å². The van der Waals surface area contributed by atoms with Gasteiger partial charge in [-0.25, -0.2) is 9.97 Å². The number of fused-ring (bicyclic) bond motifs is 2. The van der Waals surface area contributed by atoms with E-state index in [1.807, 2.05) is 6.07 Å². The van der Waals surface area contributed by atoms with E-state index in [0.29, 0.717) is 34.7 Å². The van der Waals surface area contributed by atoms with E-state index in [-0.39, 0.29) is 12.1 Å². The molecule has 3 atom stereocenters. The van der Waals surface area contributed by atoms with Gasteiger partial charge < -0.3 is 9.42 Å². The van der Waals surface area contributed by atoms with Gasteiger partial charge in [-0.3, -0.25) is 9.36 Å². The van der Waals surface area contributed by atoms with Crippen LogP contribution in [0.2, 0.25) is 0 Å². The molecule has 1 saturated heterocycles.